The normalized spacial score (nSPS) is 13.4. The van der Waals surface area contributed by atoms with Crippen molar-refractivity contribution in [2.45, 2.75) is 39.8 Å². The smallest absolute Gasteiger partial charge is 0.222 e. The van der Waals surface area contributed by atoms with Crippen molar-refractivity contribution < 1.29 is 18.7 Å². The third-order valence-electron chi connectivity index (χ3n) is 4.21. The number of benzene rings is 1. The zero-order chi connectivity index (χ0) is 19.6. The molecular weight excluding hydrogens is 349 g/mol. The average Bonchev–Trinajstić information content (AvgIpc) is 2.58. The van der Waals surface area contributed by atoms with E-state index in [1.165, 1.54) is 13.0 Å². The molecule has 1 aliphatic heterocycles. The molecule has 2 heterocycles. The third-order valence-corrected chi connectivity index (χ3v) is 4.21. The predicted octanol–water partition coefficient (Wildman–Crippen LogP) is 3.49. The Bertz CT molecular complexity index is 855. The first-order valence-electron chi connectivity index (χ1n) is 8.95. The highest BCUT2D eigenvalue weighted by atomic mass is 19.1. The van der Waals surface area contributed by atoms with Crippen molar-refractivity contribution in [1.29, 1.82) is 0 Å². The van der Waals surface area contributed by atoms with Crippen LogP contribution in [-0.2, 0) is 11.4 Å². The number of nitrogens with zero attached hydrogens (tertiary/aromatic N) is 1. The summed E-state index contributed by atoms with van der Waals surface area (Å²) in [5.74, 6) is 0.918. The molecule has 0 fully saturated rings. The van der Waals surface area contributed by atoms with Crippen molar-refractivity contribution in [3.05, 3.63) is 35.8 Å². The molecule has 3 N–H and O–H groups in total. The Morgan fingerprint density at radius 3 is 2.89 bits per heavy atom. The molecular formula is C20H24FN3O3. The molecule has 2 aromatic rings. The van der Waals surface area contributed by atoms with Crippen LogP contribution in [0.3, 0.4) is 0 Å². The van der Waals surface area contributed by atoms with E-state index in [0.29, 0.717) is 41.0 Å². The number of rotatable bonds is 6. The van der Waals surface area contributed by atoms with Crippen LogP contribution in [0.1, 0.15) is 32.8 Å². The van der Waals surface area contributed by atoms with Crippen LogP contribution in [0.25, 0.3) is 11.1 Å². The van der Waals surface area contributed by atoms with Gasteiger partial charge in [-0.05, 0) is 18.4 Å². The SMILES string of the molecule is CC(=O)Nc1cc2c(cn1)COc1cc(OC[C@@H](N)CC(C)C)cc(F)c1-2. The molecule has 0 bridgehead atoms. The number of halogens is 1. The lowest BCUT2D eigenvalue weighted by atomic mass is 9.97. The first-order chi connectivity index (χ1) is 12.8. The Hall–Kier alpha value is -2.67. The summed E-state index contributed by atoms with van der Waals surface area (Å²) in [4.78, 5) is 15.4. The summed E-state index contributed by atoms with van der Waals surface area (Å²) in [5.41, 5.74) is 7.77. The molecule has 6 nitrogen and oxygen atoms in total. The van der Waals surface area contributed by atoms with Crippen LogP contribution < -0.4 is 20.5 Å². The summed E-state index contributed by atoms with van der Waals surface area (Å²) in [7, 11) is 0. The largest absolute Gasteiger partial charge is 0.492 e. The summed E-state index contributed by atoms with van der Waals surface area (Å²) in [5, 5.41) is 2.61. The number of nitrogens with two attached hydrogens (primary N) is 1. The van der Waals surface area contributed by atoms with Crippen LogP contribution in [0, 0.1) is 11.7 Å². The minimum atomic E-state index is -0.458. The van der Waals surface area contributed by atoms with Crippen LogP contribution in [0.2, 0.25) is 0 Å². The van der Waals surface area contributed by atoms with Crippen molar-refractivity contribution in [3.63, 3.8) is 0 Å². The fourth-order valence-electron chi connectivity index (χ4n) is 3.13. The summed E-state index contributed by atoms with van der Waals surface area (Å²) >= 11 is 0. The standard InChI is InChI=1S/C20H24FN3O3/c1-11(2)4-14(22)10-26-15-5-17(21)20-16-7-19(24-12(3)25)23-8-13(16)9-27-18(20)6-15/h5-8,11,14H,4,9-10,22H2,1-3H3,(H,23,24,25)/t14-/m0/s1. The van der Waals surface area contributed by atoms with Gasteiger partial charge in [0, 0.05) is 42.4 Å². The predicted molar refractivity (Wildman–Crippen MR) is 101 cm³/mol. The molecule has 0 radical (unpaired) electrons. The zero-order valence-electron chi connectivity index (χ0n) is 15.7. The van der Waals surface area contributed by atoms with Crippen molar-refractivity contribution in [1.82, 2.24) is 4.98 Å². The second-order valence-electron chi connectivity index (χ2n) is 7.18. The quantitative estimate of drug-likeness (QED) is 0.809. The molecule has 1 amide bonds. The van der Waals surface area contributed by atoms with Gasteiger partial charge >= 0.3 is 0 Å². The molecule has 0 saturated carbocycles. The number of hydrogen-bond donors (Lipinski definition) is 2. The van der Waals surface area contributed by atoms with Gasteiger partial charge in [-0.2, -0.15) is 0 Å². The highest BCUT2D eigenvalue weighted by Crippen LogP contribution is 2.42. The first kappa shape index (κ1) is 19.1. The fourth-order valence-corrected chi connectivity index (χ4v) is 3.13. The lowest BCUT2D eigenvalue weighted by molar-refractivity contribution is -0.114. The molecule has 1 aromatic carbocycles. The van der Waals surface area contributed by atoms with Crippen LogP contribution in [0.4, 0.5) is 10.2 Å². The van der Waals surface area contributed by atoms with E-state index in [-0.39, 0.29) is 18.6 Å². The van der Waals surface area contributed by atoms with Gasteiger partial charge in [0.15, 0.2) is 0 Å². The molecule has 7 heteroatoms. The van der Waals surface area contributed by atoms with Gasteiger partial charge < -0.3 is 20.5 Å². The van der Waals surface area contributed by atoms with E-state index in [9.17, 15) is 9.18 Å². The number of fused-ring (bicyclic) bond motifs is 3. The maximum absolute atomic E-state index is 14.8. The number of ether oxygens (including phenoxy) is 2. The molecule has 0 unspecified atom stereocenters. The van der Waals surface area contributed by atoms with E-state index in [4.69, 9.17) is 15.2 Å². The molecule has 1 atom stereocenters. The average molecular weight is 373 g/mol. The second kappa shape index (κ2) is 7.92. The van der Waals surface area contributed by atoms with E-state index in [2.05, 4.69) is 24.1 Å². The molecule has 0 saturated heterocycles. The van der Waals surface area contributed by atoms with Gasteiger partial charge in [0.25, 0.3) is 0 Å². The van der Waals surface area contributed by atoms with Crippen LogP contribution in [-0.4, -0.2) is 23.5 Å². The van der Waals surface area contributed by atoms with E-state index < -0.39 is 5.82 Å². The van der Waals surface area contributed by atoms with Crippen molar-refractivity contribution in [3.8, 4) is 22.6 Å². The van der Waals surface area contributed by atoms with Crippen molar-refractivity contribution in [2.24, 2.45) is 11.7 Å². The highest BCUT2D eigenvalue weighted by Gasteiger charge is 2.23. The van der Waals surface area contributed by atoms with Gasteiger partial charge in [0.1, 0.15) is 36.3 Å². The second-order valence-corrected chi connectivity index (χ2v) is 7.18. The van der Waals surface area contributed by atoms with Gasteiger partial charge in [-0.1, -0.05) is 13.8 Å². The number of nitrogens with one attached hydrogen (secondary N) is 1. The van der Waals surface area contributed by atoms with E-state index in [0.717, 1.165) is 12.0 Å². The summed E-state index contributed by atoms with van der Waals surface area (Å²) in [6, 6.07) is 4.54. The molecule has 144 valence electrons. The summed E-state index contributed by atoms with van der Waals surface area (Å²) in [6.07, 6.45) is 2.41. The Morgan fingerprint density at radius 1 is 1.41 bits per heavy atom. The number of aromatic nitrogens is 1. The summed E-state index contributed by atoms with van der Waals surface area (Å²) < 4.78 is 26.2. The van der Waals surface area contributed by atoms with Gasteiger partial charge in [0.05, 0.1) is 5.56 Å². The lowest BCUT2D eigenvalue weighted by Gasteiger charge is -2.23. The monoisotopic (exact) mass is 373 g/mol. The number of hydrogen-bond acceptors (Lipinski definition) is 5. The topological polar surface area (TPSA) is 86.5 Å². The maximum atomic E-state index is 14.8. The minimum absolute atomic E-state index is 0.114. The van der Waals surface area contributed by atoms with Crippen LogP contribution in [0.15, 0.2) is 24.4 Å². The first-order valence-corrected chi connectivity index (χ1v) is 8.95. The Morgan fingerprint density at radius 2 is 2.19 bits per heavy atom. The van der Waals surface area contributed by atoms with Crippen LogP contribution >= 0.6 is 0 Å². The molecule has 1 aromatic heterocycles. The summed E-state index contributed by atoms with van der Waals surface area (Å²) in [6.45, 7) is 6.16. The zero-order valence-corrected chi connectivity index (χ0v) is 15.7. The number of amides is 1. The molecule has 0 aliphatic carbocycles. The Balaban J connectivity index is 1.85. The van der Waals surface area contributed by atoms with Gasteiger partial charge in [-0.15, -0.1) is 0 Å². The molecule has 3 rings (SSSR count). The van der Waals surface area contributed by atoms with E-state index in [1.807, 2.05) is 0 Å². The Labute approximate surface area is 157 Å². The number of carbonyl (C=O) groups excluding carboxylic acids is 1. The number of carbonyl (C=O) groups is 1. The van der Waals surface area contributed by atoms with Crippen molar-refractivity contribution >= 4 is 11.7 Å². The molecule has 1 aliphatic rings. The Kier molecular flexibility index (Phi) is 5.60. The highest BCUT2D eigenvalue weighted by molar-refractivity contribution is 5.89. The van der Waals surface area contributed by atoms with Crippen LogP contribution in [0.5, 0.6) is 11.5 Å². The van der Waals surface area contributed by atoms with E-state index >= 15 is 0 Å². The number of anilines is 1. The fraction of sp³-hybridized carbons (Fsp3) is 0.400. The van der Waals surface area contributed by atoms with Gasteiger partial charge in [-0.25, -0.2) is 9.37 Å². The number of pyridine rings is 1. The minimum Gasteiger partial charge on any atom is -0.492 e. The third kappa shape index (κ3) is 4.54. The van der Waals surface area contributed by atoms with E-state index in [1.54, 1.807) is 18.3 Å². The van der Waals surface area contributed by atoms with Gasteiger partial charge in [0.2, 0.25) is 5.91 Å². The lowest BCUT2D eigenvalue weighted by Crippen LogP contribution is -2.29. The molecule has 0 spiro atoms. The maximum Gasteiger partial charge on any atom is 0.222 e. The molecule has 27 heavy (non-hydrogen) atoms. The van der Waals surface area contributed by atoms with Crippen molar-refractivity contribution in [2.75, 3.05) is 11.9 Å². The van der Waals surface area contributed by atoms with Gasteiger partial charge in [-0.3, -0.25) is 4.79 Å².